The Balaban J connectivity index is 1.63. The Morgan fingerprint density at radius 2 is 1.93 bits per heavy atom. The normalized spacial score (nSPS) is 10.1. The Hall–Kier alpha value is -4.06. The summed E-state index contributed by atoms with van der Waals surface area (Å²) >= 11 is 0. The molecule has 2 N–H and O–H groups in total. The molecular formula is C19H15FN6O2. The molecule has 1 aromatic carbocycles. The number of rotatable bonds is 6. The lowest BCUT2D eigenvalue weighted by molar-refractivity contribution is 0.0948. The van der Waals surface area contributed by atoms with Crippen LogP contribution < -0.4 is 16.2 Å². The van der Waals surface area contributed by atoms with Crippen LogP contribution in [0.5, 0.6) is 0 Å². The van der Waals surface area contributed by atoms with E-state index in [1.165, 1.54) is 36.4 Å². The predicted molar refractivity (Wildman–Crippen MR) is 99.6 cm³/mol. The molecule has 9 heteroatoms. The molecule has 8 nitrogen and oxygen atoms in total. The maximum absolute atomic E-state index is 13.1. The van der Waals surface area contributed by atoms with Crippen LogP contribution in [0.3, 0.4) is 0 Å². The molecule has 0 bridgehead atoms. The summed E-state index contributed by atoms with van der Waals surface area (Å²) in [4.78, 5) is 28.3. The number of nitrogens with zero attached hydrogens (tertiary/aromatic N) is 4. The van der Waals surface area contributed by atoms with Crippen molar-refractivity contribution in [1.29, 1.82) is 5.26 Å². The maximum atomic E-state index is 13.1. The van der Waals surface area contributed by atoms with Gasteiger partial charge >= 0.3 is 0 Å². The van der Waals surface area contributed by atoms with Gasteiger partial charge in [-0.1, -0.05) is 0 Å². The van der Waals surface area contributed by atoms with E-state index in [1.54, 1.807) is 18.3 Å². The summed E-state index contributed by atoms with van der Waals surface area (Å²) < 4.78 is 14.1. The van der Waals surface area contributed by atoms with Crippen molar-refractivity contribution in [2.75, 3.05) is 18.4 Å². The molecule has 0 radical (unpaired) electrons. The lowest BCUT2D eigenvalue weighted by Gasteiger charge is -2.09. The number of pyridine rings is 1. The molecule has 0 fully saturated rings. The first-order valence-electron chi connectivity index (χ1n) is 8.32. The molecule has 0 saturated carbocycles. The molecule has 2 aromatic heterocycles. The molecule has 0 aliphatic carbocycles. The van der Waals surface area contributed by atoms with Gasteiger partial charge in [0, 0.05) is 25.4 Å². The highest BCUT2D eigenvalue weighted by Crippen LogP contribution is 2.08. The number of carbonyl (C=O) groups is 1. The van der Waals surface area contributed by atoms with Gasteiger partial charge in [0.2, 0.25) is 0 Å². The van der Waals surface area contributed by atoms with Crippen molar-refractivity contribution in [2.45, 2.75) is 0 Å². The zero-order valence-corrected chi connectivity index (χ0v) is 14.6. The Morgan fingerprint density at radius 1 is 1.14 bits per heavy atom. The number of halogens is 1. The third-order valence-electron chi connectivity index (χ3n) is 3.74. The minimum absolute atomic E-state index is 0.0412. The summed E-state index contributed by atoms with van der Waals surface area (Å²) in [6.07, 6.45) is 1.56. The van der Waals surface area contributed by atoms with E-state index in [1.807, 2.05) is 6.07 Å². The van der Waals surface area contributed by atoms with Crippen molar-refractivity contribution in [3.05, 3.63) is 82.2 Å². The van der Waals surface area contributed by atoms with Crippen LogP contribution in [0.2, 0.25) is 0 Å². The molecule has 0 saturated heterocycles. The summed E-state index contributed by atoms with van der Waals surface area (Å²) in [6.45, 7) is 0.590. The third-order valence-corrected chi connectivity index (χ3v) is 3.74. The average Bonchev–Trinajstić information content (AvgIpc) is 2.72. The van der Waals surface area contributed by atoms with Gasteiger partial charge in [-0.25, -0.2) is 9.37 Å². The highest BCUT2D eigenvalue weighted by molar-refractivity contribution is 5.92. The van der Waals surface area contributed by atoms with Gasteiger partial charge in [0.05, 0.1) is 11.3 Å². The average molecular weight is 378 g/mol. The summed E-state index contributed by atoms with van der Waals surface area (Å²) in [5.74, 6) is -0.480. The fraction of sp³-hybridized carbons (Fsp3) is 0.105. The van der Waals surface area contributed by atoms with Crippen LogP contribution in [0.4, 0.5) is 10.2 Å². The standard InChI is InChI=1S/C19H15FN6O2/c20-14-3-5-15(6-4-14)26-17(27)8-7-16(25-26)19(28)24-11-10-23-18-13(12-21)2-1-9-22-18/h1-9H,10-11H2,(H,22,23)(H,24,28). The first-order chi connectivity index (χ1) is 13.6. The zero-order valence-electron chi connectivity index (χ0n) is 14.6. The molecule has 140 valence electrons. The zero-order chi connectivity index (χ0) is 19.9. The molecule has 3 rings (SSSR count). The predicted octanol–water partition coefficient (Wildman–Crippen LogP) is 1.48. The van der Waals surface area contributed by atoms with E-state index in [2.05, 4.69) is 20.7 Å². The van der Waals surface area contributed by atoms with E-state index in [0.717, 1.165) is 4.68 Å². The number of hydrogen-bond donors (Lipinski definition) is 2. The Bertz CT molecular complexity index is 1090. The van der Waals surface area contributed by atoms with Gasteiger partial charge in [0.1, 0.15) is 23.4 Å². The fourth-order valence-corrected chi connectivity index (χ4v) is 2.38. The molecule has 3 aromatic rings. The molecular weight excluding hydrogens is 363 g/mol. The minimum Gasteiger partial charge on any atom is -0.367 e. The number of hydrogen-bond acceptors (Lipinski definition) is 6. The van der Waals surface area contributed by atoms with Crippen molar-refractivity contribution in [1.82, 2.24) is 20.1 Å². The first-order valence-corrected chi connectivity index (χ1v) is 8.32. The van der Waals surface area contributed by atoms with Crippen molar-refractivity contribution in [3.8, 4) is 11.8 Å². The lowest BCUT2D eigenvalue weighted by Crippen LogP contribution is -2.32. The van der Waals surface area contributed by atoms with Crippen LogP contribution >= 0.6 is 0 Å². The van der Waals surface area contributed by atoms with Crippen LogP contribution in [0.25, 0.3) is 5.69 Å². The van der Waals surface area contributed by atoms with Crippen molar-refractivity contribution >= 4 is 11.7 Å². The topological polar surface area (TPSA) is 113 Å². The van der Waals surface area contributed by atoms with Gasteiger partial charge < -0.3 is 10.6 Å². The maximum Gasteiger partial charge on any atom is 0.271 e. The van der Waals surface area contributed by atoms with Crippen molar-refractivity contribution in [2.24, 2.45) is 0 Å². The molecule has 0 unspecified atom stereocenters. The van der Waals surface area contributed by atoms with Gasteiger partial charge in [0.15, 0.2) is 0 Å². The Kier molecular flexibility index (Phi) is 5.72. The largest absolute Gasteiger partial charge is 0.367 e. The monoisotopic (exact) mass is 378 g/mol. The second kappa shape index (κ2) is 8.55. The van der Waals surface area contributed by atoms with Gasteiger partial charge in [-0.3, -0.25) is 9.59 Å². The number of amides is 1. The summed E-state index contributed by atoms with van der Waals surface area (Å²) in [5.41, 5.74) is 0.354. The van der Waals surface area contributed by atoms with Crippen molar-refractivity contribution in [3.63, 3.8) is 0 Å². The number of nitriles is 1. The molecule has 0 aliphatic rings. The molecule has 28 heavy (non-hydrogen) atoms. The van der Waals surface area contributed by atoms with E-state index < -0.39 is 17.3 Å². The van der Waals surface area contributed by atoms with Crippen LogP contribution in [-0.4, -0.2) is 33.8 Å². The third kappa shape index (κ3) is 4.37. The van der Waals surface area contributed by atoms with E-state index >= 15 is 0 Å². The van der Waals surface area contributed by atoms with Crippen LogP contribution in [0, 0.1) is 17.1 Å². The van der Waals surface area contributed by atoms with Crippen LogP contribution in [0.1, 0.15) is 16.1 Å². The van der Waals surface area contributed by atoms with Crippen molar-refractivity contribution < 1.29 is 9.18 Å². The Morgan fingerprint density at radius 3 is 2.68 bits per heavy atom. The Labute approximate surface area is 159 Å². The highest BCUT2D eigenvalue weighted by atomic mass is 19.1. The number of aromatic nitrogens is 3. The second-order valence-corrected chi connectivity index (χ2v) is 5.64. The van der Waals surface area contributed by atoms with Gasteiger partial charge in [0.25, 0.3) is 11.5 Å². The highest BCUT2D eigenvalue weighted by Gasteiger charge is 2.10. The molecule has 2 heterocycles. The number of benzene rings is 1. The van der Waals surface area contributed by atoms with E-state index in [-0.39, 0.29) is 12.2 Å². The fourth-order valence-electron chi connectivity index (χ4n) is 2.38. The van der Waals surface area contributed by atoms with Gasteiger partial charge in [-0.15, -0.1) is 0 Å². The number of nitrogens with one attached hydrogen (secondary N) is 2. The minimum atomic E-state index is -0.473. The quantitative estimate of drug-likeness (QED) is 0.628. The van der Waals surface area contributed by atoms with E-state index in [0.29, 0.717) is 23.6 Å². The number of carbonyl (C=O) groups excluding carboxylic acids is 1. The van der Waals surface area contributed by atoms with Crippen LogP contribution in [-0.2, 0) is 0 Å². The molecule has 1 amide bonds. The van der Waals surface area contributed by atoms with Gasteiger partial charge in [-0.2, -0.15) is 15.0 Å². The molecule has 0 spiro atoms. The van der Waals surface area contributed by atoms with E-state index in [4.69, 9.17) is 5.26 Å². The lowest BCUT2D eigenvalue weighted by atomic mass is 10.3. The second-order valence-electron chi connectivity index (χ2n) is 5.64. The summed E-state index contributed by atoms with van der Waals surface area (Å²) in [6, 6.07) is 13.1. The summed E-state index contributed by atoms with van der Waals surface area (Å²) in [5, 5.41) is 18.7. The molecule has 0 atom stereocenters. The van der Waals surface area contributed by atoms with E-state index in [9.17, 15) is 14.0 Å². The molecule has 0 aliphatic heterocycles. The smallest absolute Gasteiger partial charge is 0.271 e. The number of anilines is 1. The summed E-state index contributed by atoms with van der Waals surface area (Å²) in [7, 11) is 0. The first kappa shape index (κ1) is 18.7. The SMILES string of the molecule is N#Cc1cccnc1NCCNC(=O)c1ccc(=O)n(-c2ccc(F)cc2)n1. The van der Waals surface area contributed by atoms with Crippen LogP contribution in [0.15, 0.2) is 59.5 Å². The van der Waals surface area contributed by atoms with Gasteiger partial charge in [-0.05, 0) is 42.5 Å².